The number of nitrogens with one attached hydrogen (secondary N) is 4. The number of nitrogens with two attached hydrogens (primary N) is 1. The van der Waals surface area contributed by atoms with Crippen molar-refractivity contribution in [2.45, 2.75) is 129 Å². The topological polar surface area (TPSA) is 275 Å². The number of benzene rings is 1. The van der Waals surface area contributed by atoms with Crippen LogP contribution in [-0.4, -0.2) is 114 Å². The van der Waals surface area contributed by atoms with E-state index in [0.717, 1.165) is 38.5 Å². The molecule has 2 aromatic rings. The molecule has 1 fully saturated rings. The monoisotopic (exact) mass is 846 g/mol. The average molecular weight is 847 g/mol. The van der Waals surface area contributed by atoms with Gasteiger partial charge in [0, 0.05) is 38.3 Å². The fraction of sp³-hybridized carbons (Fsp3) is 0.625. The van der Waals surface area contributed by atoms with Gasteiger partial charge < -0.3 is 51.4 Å². The molecule has 0 radical (unpaired) electrons. The Hall–Kier alpha value is -4.64. The third-order valence-corrected chi connectivity index (χ3v) is 11.4. The van der Waals surface area contributed by atoms with Crippen LogP contribution >= 0.6 is 7.60 Å². The zero-order valence-corrected chi connectivity index (χ0v) is 35.4. The molecule has 6 atom stereocenters. The highest BCUT2D eigenvalue weighted by atomic mass is 31.2. The van der Waals surface area contributed by atoms with Gasteiger partial charge in [0.1, 0.15) is 30.2 Å². The zero-order valence-electron chi connectivity index (χ0n) is 34.5. The van der Waals surface area contributed by atoms with Crippen molar-refractivity contribution < 1.29 is 48.2 Å². The Kier molecular flexibility index (Phi) is 19.7. The van der Waals surface area contributed by atoms with Crippen LogP contribution in [0.4, 0.5) is 0 Å². The van der Waals surface area contributed by atoms with Crippen LogP contribution < -0.4 is 27.0 Å². The second-order valence-electron chi connectivity index (χ2n) is 15.9. The molecule has 1 aromatic carbocycles. The van der Waals surface area contributed by atoms with Crippen LogP contribution in [0.3, 0.4) is 0 Å². The Morgan fingerprint density at radius 1 is 0.881 bits per heavy atom. The van der Waals surface area contributed by atoms with Gasteiger partial charge in [-0.1, -0.05) is 70.4 Å². The van der Waals surface area contributed by atoms with Crippen LogP contribution in [0.5, 0.6) is 0 Å². The summed E-state index contributed by atoms with van der Waals surface area (Å²) in [7, 11) is -4.61. The lowest BCUT2D eigenvalue weighted by molar-refractivity contribution is -0.138. The van der Waals surface area contributed by atoms with E-state index in [-0.39, 0.29) is 24.7 Å². The first-order chi connectivity index (χ1) is 27.9. The standard InChI is InChI=1S/C40H63N8O10P/c1-26(2)20-31(44-40(55)34-17-13-19-48(34)28(4)50)37(52)43-32(38(53)45-33(23-49)39(54)46-35(36(41)51)27(3)24-59(56,57)58)21-30-22-42-25-47(30)18-12-7-5-6-9-14-29-15-10-8-11-16-29/h8,10-11,15-16,22,25-27,31-35,49H,5-7,9,12-14,17-21,23-24H2,1-4H3,(H2,41,51)(H,43,52)(H,44,55)(H,45,53)(H,46,54)(H2,56,57,58)/t27-,31-,32-,33-,34-,35-/m0/s1. The fourth-order valence-corrected chi connectivity index (χ4v) is 8.24. The van der Waals surface area contributed by atoms with Gasteiger partial charge in [-0.05, 0) is 55.9 Å². The summed E-state index contributed by atoms with van der Waals surface area (Å²) >= 11 is 0. The van der Waals surface area contributed by atoms with Gasteiger partial charge in [-0.2, -0.15) is 0 Å². The molecule has 2 heterocycles. The van der Waals surface area contributed by atoms with Crippen molar-refractivity contribution in [3.63, 3.8) is 0 Å². The number of aliphatic hydroxyl groups is 1. The number of aryl methyl sites for hydroxylation is 2. The number of likely N-dealkylation sites (tertiary alicyclic amines) is 1. The second kappa shape index (κ2) is 23.8. The van der Waals surface area contributed by atoms with Gasteiger partial charge in [0.2, 0.25) is 35.4 Å². The molecule has 1 saturated heterocycles. The van der Waals surface area contributed by atoms with E-state index in [0.29, 0.717) is 31.6 Å². The maximum Gasteiger partial charge on any atom is 0.325 e. The lowest BCUT2D eigenvalue weighted by Gasteiger charge is -2.28. The van der Waals surface area contributed by atoms with Crippen LogP contribution in [0.25, 0.3) is 0 Å². The van der Waals surface area contributed by atoms with Crippen LogP contribution in [0.1, 0.15) is 90.3 Å². The van der Waals surface area contributed by atoms with Crippen LogP contribution in [0.2, 0.25) is 0 Å². The van der Waals surface area contributed by atoms with E-state index in [4.69, 9.17) is 5.73 Å². The van der Waals surface area contributed by atoms with Crippen molar-refractivity contribution >= 4 is 43.0 Å². The largest absolute Gasteiger partial charge is 0.394 e. The first kappa shape index (κ1) is 48.7. The number of carbonyl (C=O) groups excluding carboxylic acids is 6. The summed E-state index contributed by atoms with van der Waals surface area (Å²) in [6.45, 7) is 6.46. The molecule has 328 valence electrons. The smallest absolute Gasteiger partial charge is 0.325 e. The number of unbranched alkanes of at least 4 members (excludes halogenated alkanes) is 4. The molecule has 18 nitrogen and oxygen atoms in total. The molecular formula is C40H63N8O10P. The summed E-state index contributed by atoms with van der Waals surface area (Å²) in [4.78, 5) is 104. The molecule has 0 aliphatic carbocycles. The molecule has 0 saturated carbocycles. The predicted molar refractivity (Wildman–Crippen MR) is 219 cm³/mol. The number of aromatic nitrogens is 2. The molecule has 1 aliphatic rings. The van der Waals surface area contributed by atoms with E-state index in [1.165, 1.54) is 24.3 Å². The zero-order chi connectivity index (χ0) is 43.7. The number of hydrogen-bond acceptors (Lipinski definition) is 9. The highest BCUT2D eigenvalue weighted by Crippen LogP contribution is 2.37. The van der Waals surface area contributed by atoms with Gasteiger partial charge in [0.25, 0.3) is 0 Å². The summed E-state index contributed by atoms with van der Waals surface area (Å²) in [5.74, 6) is -5.64. The quantitative estimate of drug-likeness (QED) is 0.0514. The number of rotatable bonds is 25. The number of amides is 6. The van der Waals surface area contributed by atoms with Gasteiger partial charge in [-0.25, -0.2) is 4.98 Å². The van der Waals surface area contributed by atoms with E-state index in [1.54, 1.807) is 12.5 Å². The Bertz CT molecular complexity index is 1750. The minimum atomic E-state index is -4.61. The molecule has 3 rings (SSSR count). The number of carbonyl (C=O) groups is 6. The summed E-state index contributed by atoms with van der Waals surface area (Å²) < 4.78 is 13.5. The van der Waals surface area contributed by atoms with Crippen LogP contribution in [0.15, 0.2) is 42.9 Å². The van der Waals surface area contributed by atoms with E-state index >= 15 is 0 Å². The molecule has 0 bridgehead atoms. The highest BCUT2D eigenvalue weighted by molar-refractivity contribution is 7.51. The number of imidazole rings is 1. The van der Waals surface area contributed by atoms with Crippen molar-refractivity contribution in [3.8, 4) is 0 Å². The maximum atomic E-state index is 14.0. The summed E-state index contributed by atoms with van der Waals surface area (Å²) in [5.41, 5.74) is 7.32. The van der Waals surface area contributed by atoms with Gasteiger partial charge in [0.15, 0.2) is 0 Å². The van der Waals surface area contributed by atoms with E-state index in [9.17, 15) is 48.2 Å². The molecule has 19 heteroatoms. The summed E-state index contributed by atoms with van der Waals surface area (Å²) in [5, 5.41) is 20.4. The predicted octanol–water partition coefficient (Wildman–Crippen LogP) is 0.906. The Morgan fingerprint density at radius 3 is 2.14 bits per heavy atom. The van der Waals surface area contributed by atoms with Crippen LogP contribution in [-0.2, 0) is 52.7 Å². The Labute approximate surface area is 346 Å². The van der Waals surface area contributed by atoms with Crippen molar-refractivity contribution in [1.29, 1.82) is 0 Å². The lowest BCUT2D eigenvalue weighted by atomic mass is 10.0. The van der Waals surface area contributed by atoms with E-state index in [1.807, 2.05) is 36.6 Å². The minimum Gasteiger partial charge on any atom is -0.394 e. The molecule has 1 aromatic heterocycles. The number of hydrogen-bond donors (Lipinski definition) is 8. The van der Waals surface area contributed by atoms with Crippen molar-refractivity contribution in [2.24, 2.45) is 17.6 Å². The van der Waals surface area contributed by atoms with Gasteiger partial charge in [-0.3, -0.25) is 33.3 Å². The average Bonchev–Trinajstić information content (AvgIpc) is 3.84. The Balaban J connectivity index is 1.78. The molecule has 0 unspecified atom stereocenters. The minimum absolute atomic E-state index is 0.0702. The molecule has 59 heavy (non-hydrogen) atoms. The lowest BCUT2D eigenvalue weighted by Crippen LogP contribution is -2.60. The van der Waals surface area contributed by atoms with Gasteiger partial charge in [-0.15, -0.1) is 0 Å². The SMILES string of the molecule is CC(=O)N1CCC[C@H]1C(=O)N[C@@H](CC(C)C)C(=O)N[C@@H](Cc1cncn1CCCCCCCc1ccccc1)C(=O)N[C@@H](CO)C(=O)N[C@H](C(N)=O)[C@@H](C)CP(=O)(O)O. The molecule has 1 aliphatic heterocycles. The Morgan fingerprint density at radius 2 is 1.51 bits per heavy atom. The summed E-state index contributed by atoms with van der Waals surface area (Å²) in [6.07, 6.45) is 9.56. The third kappa shape index (κ3) is 16.5. The van der Waals surface area contributed by atoms with E-state index < -0.39 is 86.0 Å². The number of primary amides is 1. The second-order valence-corrected chi connectivity index (χ2v) is 17.6. The van der Waals surface area contributed by atoms with Gasteiger partial charge in [0.05, 0.1) is 19.1 Å². The molecular weight excluding hydrogens is 783 g/mol. The van der Waals surface area contributed by atoms with Crippen molar-refractivity contribution in [3.05, 3.63) is 54.1 Å². The highest BCUT2D eigenvalue weighted by Gasteiger charge is 2.37. The fourth-order valence-electron chi connectivity index (χ4n) is 7.28. The van der Waals surface area contributed by atoms with Gasteiger partial charge >= 0.3 is 7.60 Å². The normalized spacial score (nSPS) is 16.7. The summed E-state index contributed by atoms with van der Waals surface area (Å²) in [6, 6.07) is 3.90. The first-order valence-electron chi connectivity index (χ1n) is 20.4. The van der Waals surface area contributed by atoms with Crippen LogP contribution in [0, 0.1) is 11.8 Å². The molecule has 0 spiro atoms. The van der Waals surface area contributed by atoms with Crippen molar-refractivity contribution in [1.82, 2.24) is 35.7 Å². The van der Waals surface area contributed by atoms with E-state index in [2.05, 4.69) is 38.4 Å². The third-order valence-electron chi connectivity index (χ3n) is 10.4. The molecule has 6 amide bonds. The molecule has 9 N–H and O–H groups in total. The van der Waals surface area contributed by atoms with Crippen molar-refractivity contribution in [2.75, 3.05) is 19.3 Å². The maximum absolute atomic E-state index is 14.0. The first-order valence-corrected chi connectivity index (χ1v) is 22.2. The number of nitrogens with zero attached hydrogens (tertiary/aromatic N) is 3. The number of aliphatic hydroxyl groups excluding tert-OH is 1.